The zero-order valence-electron chi connectivity index (χ0n) is 6.61. The molecule has 2 heterocycles. The highest BCUT2D eigenvalue weighted by Gasteiger charge is 2.42. The highest BCUT2D eigenvalue weighted by molar-refractivity contribution is 4.96. The molecule has 11 heavy (non-hydrogen) atoms. The molecule has 0 aromatic heterocycles. The lowest BCUT2D eigenvalue weighted by Crippen LogP contribution is -2.35. The van der Waals surface area contributed by atoms with Gasteiger partial charge in [-0.25, -0.2) is 0 Å². The van der Waals surface area contributed by atoms with E-state index in [-0.39, 0.29) is 18.8 Å². The summed E-state index contributed by atoms with van der Waals surface area (Å²) < 4.78 is 0. The van der Waals surface area contributed by atoms with Crippen molar-refractivity contribution in [3.63, 3.8) is 0 Å². The predicted molar refractivity (Wildman–Crippen MR) is 41.2 cm³/mol. The van der Waals surface area contributed by atoms with Crippen molar-refractivity contribution in [2.24, 2.45) is 5.92 Å². The van der Waals surface area contributed by atoms with Gasteiger partial charge in [-0.15, -0.1) is 0 Å². The van der Waals surface area contributed by atoms with E-state index in [4.69, 9.17) is 5.11 Å². The van der Waals surface area contributed by atoms with Crippen molar-refractivity contribution in [3.05, 3.63) is 0 Å². The van der Waals surface area contributed by atoms with Crippen LogP contribution < -0.4 is 0 Å². The number of aliphatic hydroxyl groups is 2. The Labute approximate surface area is 66.6 Å². The van der Waals surface area contributed by atoms with Gasteiger partial charge in [0.05, 0.1) is 6.10 Å². The maximum Gasteiger partial charge on any atom is 0.0711 e. The molecule has 2 aliphatic rings. The zero-order valence-corrected chi connectivity index (χ0v) is 6.61. The van der Waals surface area contributed by atoms with E-state index in [1.54, 1.807) is 0 Å². The Morgan fingerprint density at radius 1 is 1.27 bits per heavy atom. The summed E-state index contributed by atoms with van der Waals surface area (Å²) >= 11 is 0. The molecule has 2 aliphatic heterocycles. The number of rotatable bonds is 1. The van der Waals surface area contributed by atoms with Crippen LogP contribution in [0.1, 0.15) is 12.8 Å². The van der Waals surface area contributed by atoms with Crippen molar-refractivity contribution >= 4 is 0 Å². The summed E-state index contributed by atoms with van der Waals surface area (Å²) in [5.74, 6) is 0.326. The smallest absolute Gasteiger partial charge is 0.0711 e. The van der Waals surface area contributed by atoms with Crippen LogP contribution in [0.15, 0.2) is 0 Å². The van der Waals surface area contributed by atoms with Crippen molar-refractivity contribution < 1.29 is 10.2 Å². The summed E-state index contributed by atoms with van der Waals surface area (Å²) in [7, 11) is 0. The molecule has 0 bridgehead atoms. The molecule has 3 atom stereocenters. The van der Waals surface area contributed by atoms with Crippen LogP contribution in [0.4, 0.5) is 0 Å². The maximum absolute atomic E-state index is 9.55. The summed E-state index contributed by atoms with van der Waals surface area (Å²) in [4.78, 5) is 2.30. The molecule has 3 nitrogen and oxygen atoms in total. The number of nitrogens with zero attached hydrogens (tertiary/aromatic N) is 1. The van der Waals surface area contributed by atoms with Gasteiger partial charge in [-0.1, -0.05) is 0 Å². The molecular weight excluding hydrogens is 142 g/mol. The van der Waals surface area contributed by atoms with Crippen LogP contribution >= 0.6 is 0 Å². The van der Waals surface area contributed by atoms with E-state index in [1.807, 2.05) is 0 Å². The largest absolute Gasteiger partial charge is 0.396 e. The molecule has 0 aromatic carbocycles. The van der Waals surface area contributed by atoms with Crippen LogP contribution in [-0.4, -0.2) is 47.0 Å². The van der Waals surface area contributed by atoms with Gasteiger partial charge < -0.3 is 10.2 Å². The number of hydrogen-bond acceptors (Lipinski definition) is 3. The minimum Gasteiger partial charge on any atom is -0.396 e. The third-order valence-electron chi connectivity index (χ3n) is 3.03. The first-order valence-electron chi connectivity index (χ1n) is 4.36. The van der Waals surface area contributed by atoms with Crippen LogP contribution in [0.25, 0.3) is 0 Å². The van der Waals surface area contributed by atoms with E-state index < -0.39 is 0 Å². The summed E-state index contributed by atoms with van der Waals surface area (Å²) in [6.07, 6.45) is 1.76. The van der Waals surface area contributed by atoms with Gasteiger partial charge in [0.15, 0.2) is 0 Å². The summed E-state index contributed by atoms with van der Waals surface area (Å²) in [5.41, 5.74) is 0. The molecule has 0 unspecified atom stereocenters. The number of aliphatic hydroxyl groups excluding tert-OH is 2. The molecule has 0 saturated carbocycles. The fourth-order valence-corrected chi connectivity index (χ4v) is 2.44. The van der Waals surface area contributed by atoms with E-state index in [2.05, 4.69) is 4.90 Å². The van der Waals surface area contributed by atoms with E-state index in [0.29, 0.717) is 5.92 Å². The van der Waals surface area contributed by atoms with Gasteiger partial charge in [0.1, 0.15) is 0 Å². The lowest BCUT2D eigenvalue weighted by molar-refractivity contribution is 0.0902. The van der Waals surface area contributed by atoms with Crippen LogP contribution in [0.2, 0.25) is 0 Å². The van der Waals surface area contributed by atoms with E-state index in [0.717, 1.165) is 25.9 Å². The Kier molecular flexibility index (Phi) is 1.87. The first-order valence-corrected chi connectivity index (χ1v) is 4.36. The van der Waals surface area contributed by atoms with E-state index in [1.165, 1.54) is 0 Å². The van der Waals surface area contributed by atoms with Crippen molar-refractivity contribution in [2.45, 2.75) is 25.0 Å². The highest BCUT2D eigenvalue weighted by atomic mass is 16.3. The minimum absolute atomic E-state index is 0.186. The fraction of sp³-hybridized carbons (Fsp3) is 1.00. The van der Waals surface area contributed by atoms with Crippen molar-refractivity contribution in [3.8, 4) is 0 Å². The highest BCUT2D eigenvalue weighted by Crippen LogP contribution is 2.32. The van der Waals surface area contributed by atoms with Crippen LogP contribution in [0.3, 0.4) is 0 Å². The monoisotopic (exact) mass is 157 g/mol. The minimum atomic E-state index is -0.186. The Morgan fingerprint density at radius 2 is 2.00 bits per heavy atom. The SMILES string of the molecule is OC[C@H]1CCN2CC[C@H](O)[C@H]12. The molecule has 0 spiro atoms. The Balaban J connectivity index is 2.07. The Morgan fingerprint density at radius 3 is 2.73 bits per heavy atom. The molecule has 0 aliphatic carbocycles. The summed E-state index contributed by atoms with van der Waals surface area (Å²) in [6, 6.07) is 0.264. The standard InChI is InChI=1S/C8H15NO2/c10-5-6-1-3-9-4-2-7(11)8(6)9/h6-8,10-11H,1-5H2/t6-,7+,8+/m1/s1. The van der Waals surface area contributed by atoms with E-state index in [9.17, 15) is 5.11 Å². The van der Waals surface area contributed by atoms with Crippen molar-refractivity contribution in [1.82, 2.24) is 4.90 Å². The van der Waals surface area contributed by atoms with Crippen LogP contribution in [-0.2, 0) is 0 Å². The average molecular weight is 157 g/mol. The molecule has 0 aromatic rings. The summed E-state index contributed by atoms with van der Waals surface area (Å²) in [5, 5.41) is 18.5. The van der Waals surface area contributed by atoms with Gasteiger partial charge in [0, 0.05) is 25.1 Å². The normalized spacial score (nSPS) is 44.7. The molecule has 3 heteroatoms. The van der Waals surface area contributed by atoms with Gasteiger partial charge in [-0.05, 0) is 19.4 Å². The summed E-state index contributed by atoms with van der Waals surface area (Å²) in [6.45, 7) is 2.31. The Hall–Kier alpha value is -0.120. The predicted octanol–water partition coefficient (Wildman–Crippen LogP) is -0.566. The molecule has 2 fully saturated rings. The quantitative estimate of drug-likeness (QED) is 0.536. The molecule has 2 N–H and O–H groups in total. The van der Waals surface area contributed by atoms with Crippen molar-refractivity contribution in [1.29, 1.82) is 0 Å². The first-order chi connectivity index (χ1) is 5.33. The second-order valence-electron chi connectivity index (χ2n) is 3.61. The average Bonchev–Trinajstić information content (AvgIpc) is 2.54. The van der Waals surface area contributed by atoms with Gasteiger partial charge >= 0.3 is 0 Å². The molecular formula is C8H15NO2. The third-order valence-corrected chi connectivity index (χ3v) is 3.03. The number of fused-ring (bicyclic) bond motifs is 1. The van der Waals surface area contributed by atoms with Gasteiger partial charge in [0.2, 0.25) is 0 Å². The van der Waals surface area contributed by atoms with Crippen LogP contribution in [0, 0.1) is 5.92 Å². The molecule has 0 radical (unpaired) electrons. The second kappa shape index (κ2) is 2.73. The molecule has 2 saturated heterocycles. The Bertz CT molecular complexity index is 151. The topological polar surface area (TPSA) is 43.7 Å². The van der Waals surface area contributed by atoms with Gasteiger partial charge in [-0.2, -0.15) is 0 Å². The lowest BCUT2D eigenvalue weighted by Gasteiger charge is -2.21. The van der Waals surface area contributed by atoms with Crippen molar-refractivity contribution in [2.75, 3.05) is 19.7 Å². The lowest BCUT2D eigenvalue weighted by atomic mass is 9.97. The first kappa shape index (κ1) is 7.53. The van der Waals surface area contributed by atoms with Crippen LogP contribution in [0.5, 0.6) is 0 Å². The maximum atomic E-state index is 9.55. The molecule has 64 valence electrons. The molecule has 2 rings (SSSR count). The number of hydrogen-bond donors (Lipinski definition) is 2. The van der Waals surface area contributed by atoms with Gasteiger partial charge in [0.25, 0.3) is 0 Å². The zero-order chi connectivity index (χ0) is 7.84. The fourth-order valence-electron chi connectivity index (χ4n) is 2.44. The van der Waals surface area contributed by atoms with E-state index >= 15 is 0 Å². The second-order valence-corrected chi connectivity index (χ2v) is 3.61. The molecule has 0 amide bonds. The van der Waals surface area contributed by atoms with Gasteiger partial charge in [-0.3, -0.25) is 4.90 Å². The third kappa shape index (κ3) is 1.08.